The van der Waals surface area contributed by atoms with Gasteiger partial charge in [0.2, 0.25) is 0 Å². The number of rotatable bonds is 3. The van der Waals surface area contributed by atoms with Crippen molar-refractivity contribution in [2.75, 3.05) is 13.2 Å². The molecule has 0 radical (unpaired) electrons. The van der Waals surface area contributed by atoms with Crippen LogP contribution in [-0.4, -0.2) is 30.1 Å². The molecule has 1 aliphatic heterocycles. The van der Waals surface area contributed by atoms with Gasteiger partial charge in [0, 0.05) is 11.3 Å². The van der Waals surface area contributed by atoms with Gasteiger partial charge in [0.15, 0.2) is 0 Å². The van der Waals surface area contributed by atoms with Crippen LogP contribution in [0, 0.1) is 0 Å². The molecule has 0 fully saturated rings. The average Bonchev–Trinajstić information content (AvgIpc) is 2.53. The number of hydrogen-bond donors (Lipinski definition) is 1. The summed E-state index contributed by atoms with van der Waals surface area (Å²) in [5, 5.41) is 9.81. The van der Waals surface area contributed by atoms with E-state index < -0.39 is 6.10 Å². The van der Waals surface area contributed by atoms with Crippen LogP contribution >= 0.6 is 0 Å². The van der Waals surface area contributed by atoms with Crippen LogP contribution in [0.2, 0.25) is 0 Å². The van der Waals surface area contributed by atoms with Gasteiger partial charge >= 0.3 is 0 Å². The number of fused-ring (bicyclic) bond motifs is 1. The number of aryl methyl sites for hydroxylation is 1. The standard InChI is InChI=1S/C18H19NO2/c20-15-12-19-17(11-10-14-6-2-1-3-7-14)16-8-4-5-9-18(16)21-13-15/h1-9,15,20H,10-13H2. The van der Waals surface area contributed by atoms with E-state index in [9.17, 15) is 5.11 Å². The zero-order chi connectivity index (χ0) is 14.5. The lowest BCUT2D eigenvalue weighted by Crippen LogP contribution is -2.24. The molecule has 0 spiro atoms. The van der Waals surface area contributed by atoms with Crippen LogP contribution in [0.15, 0.2) is 59.6 Å². The normalized spacial score (nSPS) is 18.0. The number of ether oxygens (including phenoxy) is 1. The molecule has 1 heterocycles. The zero-order valence-electron chi connectivity index (χ0n) is 11.9. The highest BCUT2D eigenvalue weighted by Crippen LogP contribution is 2.23. The summed E-state index contributed by atoms with van der Waals surface area (Å²) in [6, 6.07) is 18.3. The molecule has 108 valence electrons. The number of aliphatic hydroxyl groups excluding tert-OH is 1. The Hall–Kier alpha value is -2.13. The minimum absolute atomic E-state index is 0.298. The quantitative estimate of drug-likeness (QED) is 0.940. The molecular weight excluding hydrogens is 262 g/mol. The van der Waals surface area contributed by atoms with Crippen molar-refractivity contribution in [3.63, 3.8) is 0 Å². The number of hydrogen-bond acceptors (Lipinski definition) is 3. The maximum absolute atomic E-state index is 9.81. The lowest BCUT2D eigenvalue weighted by molar-refractivity contribution is 0.113. The van der Waals surface area contributed by atoms with Crippen LogP contribution in [0.25, 0.3) is 0 Å². The molecule has 0 aliphatic carbocycles. The third kappa shape index (κ3) is 3.50. The summed E-state index contributed by atoms with van der Waals surface area (Å²) in [6.07, 6.45) is 1.24. The van der Waals surface area contributed by atoms with E-state index in [-0.39, 0.29) is 0 Å². The Morgan fingerprint density at radius 2 is 1.76 bits per heavy atom. The highest BCUT2D eigenvalue weighted by molar-refractivity contribution is 6.03. The highest BCUT2D eigenvalue weighted by atomic mass is 16.5. The van der Waals surface area contributed by atoms with E-state index >= 15 is 0 Å². The smallest absolute Gasteiger partial charge is 0.128 e. The molecule has 2 aromatic rings. The minimum Gasteiger partial charge on any atom is -0.490 e. The van der Waals surface area contributed by atoms with Crippen molar-refractivity contribution >= 4 is 5.71 Å². The molecule has 0 aromatic heterocycles. The Kier molecular flexibility index (Phi) is 4.31. The largest absolute Gasteiger partial charge is 0.490 e. The highest BCUT2D eigenvalue weighted by Gasteiger charge is 2.15. The van der Waals surface area contributed by atoms with Crippen molar-refractivity contribution in [2.24, 2.45) is 4.99 Å². The molecule has 21 heavy (non-hydrogen) atoms. The number of aliphatic imine (C=N–C) groups is 1. The molecule has 0 amide bonds. The van der Waals surface area contributed by atoms with Crippen LogP contribution in [-0.2, 0) is 6.42 Å². The zero-order valence-corrected chi connectivity index (χ0v) is 11.9. The van der Waals surface area contributed by atoms with E-state index in [1.54, 1.807) is 0 Å². The van der Waals surface area contributed by atoms with Gasteiger partial charge < -0.3 is 9.84 Å². The molecule has 1 unspecified atom stereocenters. The summed E-state index contributed by atoms with van der Waals surface area (Å²) in [7, 11) is 0. The van der Waals surface area contributed by atoms with Crippen LogP contribution in [0.3, 0.4) is 0 Å². The topological polar surface area (TPSA) is 41.8 Å². The summed E-state index contributed by atoms with van der Waals surface area (Å²) in [5.74, 6) is 0.808. The lowest BCUT2D eigenvalue weighted by Gasteiger charge is -2.19. The van der Waals surface area contributed by atoms with Crippen molar-refractivity contribution in [1.29, 1.82) is 0 Å². The van der Waals surface area contributed by atoms with E-state index in [0.717, 1.165) is 29.9 Å². The molecular formula is C18H19NO2. The Labute approximate surface area is 124 Å². The third-order valence-electron chi connectivity index (χ3n) is 3.62. The van der Waals surface area contributed by atoms with E-state index in [4.69, 9.17) is 4.74 Å². The SMILES string of the molecule is OC1CN=C(CCc2ccccc2)c2ccccc2OC1. The fraction of sp³-hybridized carbons (Fsp3) is 0.278. The van der Waals surface area contributed by atoms with Gasteiger partial charge in [-0.15, -0.1) is 0 Å². The van der Waals surface area contributed by atoms with Gasteiger partial charge in [-0.25, -0.2) is 0 Å². The Morgan fingerprint density at radius 1 is 1.00 bits per heavy atom. The first-order valence-corrected chi connectivity index (χ1v) is 7.30. The first-order chi connectivity index (χ1) is 10.3. The maximum Gasteiger partial charge on any atom is 0.128 e. The van der Waals surface area contributed by atoms with Gasteiger partial charge in [0.25, 0.3) is 0 Å². The Bertz CT molecular complexity index is 622. The minimum atomic E-state index is -0.537. The molecule has 0 bridgehead atoms. The summed E-state index contributed by atoms with van der Waals surface area (Å²) < 4.78 is 5.69. The number of nitrogens with zero attached hydrogens (tertiary/aromatic N) is 1. The van der Waals surface area contributed by atoms with Gasteiger partial charge in [0.1, 0.15) is 18.5 Å². The lowest BCUT2D eigenvalue weighted by atomic mass is 10.0. The second-order valence-corrected chi connectivity index (χ2v) is 5.23. The van der Waals surface area contributed by atoms with Gasteiger partial charge in [-0.1, -0.05) is 42.5 Å². The number of aliphatic hydroxyl groups is 1. The fourth-order valence-corrected chi connectivity index (χ4v) is 2.49. The van der Waals surface area contributed by atoms with Crippen molar-refractivity contribution < 1.29 is 9.84 Å². The molecule has 3 heteroatoms. The maximum atomic E-state index is 9.81. The Balaban J connectivity index is 1.83. The van der Waals surface area contributed by atoms with Gasteiger partial charge in [0.05, 0.1) is 6.54 Å². The van der Waals surface area contributed by atoms with Crippen LogP contribution < -0.4 is 4.74 Å². The molecule has 1 atom stereocenters. The van der Waals surface area contributed by atoms with Crippen molar-refractivity contribution in [1.82, 2.24) is 0 Å². The second-order valence-electron chi connectivity index (χ2n) is 5.23. The Morgan fingerprint density at radius 3 is 2.62 bits per heavy atom. The van der Waals surface area contributed by atoms with E-state index in [1.807, 2.05) is 30.3 Å². The van der Waals surface area contributed by atoms with E-state index in [2.05, 4.69) is 29.3 Å². The molecule has 3 rings (SSSR count). The summed E-state index contributed by atoms with van der Waals surface area (Å²) in [5.41, 5.74) is 3.34. The summed E-state index contributed by atoms with van der Waals surface area (Å²) >= 11 is 0. The summed E-state index contributed by atoms with van der Waals surface area (Å²) in [4.78, 5) is 4.61. The molecule has 0 saturated carbocycles. The fourth-order valence-electron chi connectivity index (χ4n) is 2.49. The second kappa shape index (κ2) is 6.55. The van der Waals surface area contributed by atoms with Crippen molar-refractivity contribution in [3.05, 3.63) is 65.7 Å². The van der Waals surface area contributed by atoms with Crippen LogP contribution in [0.5, 0.6) is 5.75 Å². The molecule has 1 aliphatic rings. The summed E-state index contributed by atoms with van der Waals surface area (Å²) in [6.45, 7) is 0.699. The average molecular weight is 281 g/mol. The molecule has 0 saturated heterocycles. The van der Waals surface area contributed by atoms with Gasteiger partial charge in [-0.3, -0.25) is 4.99 Å². The monoisotopic (exact) mass is 281 g/mol. The predicted octanol–water partition coefficient (Wildman–Crippen LogP) is 2.86. The number of para-hydroxylation sites is 1. The predicted molar refractivity (Wildman–Crippen MR) is 84.1 cm³/mol. The third-order valence-corrected chi connectivity index (χ3v) is 3.62. The first kappa shape index (κ1) is 13.8. The first-order valence-electron chi connectivity index (χ1n) is 7.30. The van der Waals surface area contributed by atoms with Crippen molar-refractivity contribution in [2.45, 2.75) is 18.9 Å². The van der Waals surface area contributed by atoms with Crippen LogP contribution in [0.1, 0.15) is 17.5 Å². The van der Waals surface area contributed by atoms with Crippen molar-refractivity contribution in [3.8, 4) is 5.75 Å². The molecule has 1 N–H and O–H groups in total. The van der Waals surface area contributed by atoms with E-state index in [0.29, 0.717) is 13.2 Å². The van der Waals surface area contributed by atoms with Crippen LogP contribution in [0.4, 0.5) is 0 Å². The number of benzene rings is 2. The van der Waals surface area contributed by atoms with Gasteiger partial charge in [-0.2, -0.15) is 0 Å². The molecule has 2 aromatic carbocycles. The van der Waals surface area contributed by atoms with Gasteiger partial charge in [-0.05, 0) is 30.5 Å². The van der Waals surface area contributed by atoms with E-state index in [1.165, 1.54) is 5.56 Å². The molecule has 3 nitrogen and oxygen atoms in total.